The molecule has 2 unspecified atom stereocenters. The van der Waals surface area contributed by atoms with Gasteiger partial charge in [0.2, 0.25) is 5.78 Å². The first-order valence-electron chi connectivity index (χ1n) is 9.56. The van der Waals surface area contributed by atoms with E-state index in [4.69, 9.17) is 9.47 Å². The van der Waals surface area contributed by atoms with Crippen LogP contribution in [0.2, 0.25) is 0 Å². The van der Waals surface area contributed by atoms with Gasteiger partial charge in [-0.25, -0.2) is 0 Å². The molecule has 31 heavy (non-hydrogen) atoms. The average molecular weight is 434 g/mol. The zero-order valence-corrected chi connectivity index (χ0v) is 16.1. The average Bonchev–Trinajstić information content (AvgIpc) is 2.99. The highest BCUT2D eigenvalue weighted by Crippen LogP contribution is 2.48. The van der Waals surface area contributed by atoms with Crippen LogP contribution in [0.3, 0.4) is 0 Å². The lowest BCUT2D eigenvalue weighted by Gasteiger charge is -2.40. The SMILES string of the molecule is O=C1c2ccc(O)c(C3O[C@H](CO)[C@@H](O)[C@H](O)[C@H]3O)c2OC1(O)Cc1ccc(O)cc1. The second kappa shape index (κ2) is 7.75. The number of carbonyl (C=O) groups is 1. The maximum Gasteiger partial charge on any atom is 0.276 e. The Morgan fingerprint density at radius 2 is 1.61 bits per heavy atom. The number of benzene rings is 2. The molecule has 0 radical (unpaired) electrons. The van der Waals surface area contributed by atoms with Crippen LogP contribution in [0.15, 0.2) is 36.4 Å². The summed E-state index contributed by atoms with van der Waals surface area (Å²) in [5.41, 5.74) is 0.204. The van der Waals surface area contributed by atoms with Gasteiger partial charge in [0.05, 0.1) is 17.7 Å². The van der Waals surface area contributed by atoms with E-state index >= 15 is 0 Å². The van der Waals surface area contributed by atoms with Gasteiger partial charge in [-0.15, -0.1) is 0 Å². The lowest BCUT2D eigenvalue weighted by Crippen LogP contribution is -2.55. The van der Waals surface area contributed by atoms with Crippen LogP contribution in [0.25, 0.3) is 0 Å². The molecule has 0 bridgehead atoms. The summed E-state index contributed by atoms with van der Waals surface area (Å²) in [6, 6.07) is 8.18. The summed E-state index contributed by atoms with van der Waals surface area (Å²) in [5, 5.41) is 70.7. The van der Waals surface area contributed by atoms with E-state index in [9.17, 15) is 40.5 Å². The molecule has 0 saturated carbocycles. The molecule has 0 aromatic heterocycles. The first-order chi connectivity index (χ1) is 14.7. The fourth-order valence-electron chi connectivity index (χ4n) is 3.93. The van der Waals surface area contributed by atoms with E-state index in [0.29, 0.717) is 5.56 Å². The van der Waals surface area contributed by atoms with E-state index in [0.717, 1.165) is 6.07 Å². The van der Waals surface area contributed by atoms with Gasteiger partial charge in [0.25, 0.3) is 5.79 Å². The maximum absolute atomic E-state index is 12.9. The molecule has 2 heterocycles. The number of fused-ring (bicyclic) bond motifs is 1. The molecule has 0 amide bonds. The van der Waals surface area contributed by atoms with Crippen molar-refractivity contribution < 1.29 is 50.0 Å². The van der Waals surface area contributed by atoms with Crippen LogP contribution in [0.1, 0.15) is 27.6 Å². The van der Waals surface area contributed by atoms with Crippen LogP contribution in [0.4, 0.5) is 0 Å². The molecule has 2 aliphatic rings. The molecule has 6 atom stereocenters. The van der Waals surface area contributed by atoms with E-state index in [1.807, 2.05) is 0 Å². The number of ketones is 1. The van der Waals surface area contributed by atoms with Crippen molar-refractivity contribution in [2.24, 2.45) is 0 Å². The Labute approximate surface area is 176 Å². The number of carbonyl (C=O) groups excluding carboxylic acids is 1. The molecule has 4 rings (SSSR count). The first-order valence-corrected chi connectivity index (χ1v) is 9.56. The molecule has 0 aliphatic carbocycles. The van der Waals surface area contributed by atoms with Gasteiger partial charge in [0, 0.05) is 6.42 Å². The standard InChI is InChI=1S/C21H22O10/c22-8-13-15(25)16(26)17(27)19(30-13)14-12(24)6-5-11-18(14)31-21(29,20(11)28)7-9-1-3-10(23)4-2-9/h1-6,13,15-17,19,22-27,29H,7-8H2/t13-,15-,16+,17-,19?,21?/m1/s1. The van der Waals surface area contributed by atoms with Crippen molar-refractivity contribution in [3.05, 3.63) is 53.1 Å². The van der Waals surface area contributed by atoms with Crippen LogP contribution >= 0.6 is 0 Å². The van der Waals surface area contributed by atoms with Crippen molar-refractivity contribution in [3.8, 4) is 17.2 Å². The summed E-state index contributed by atoms with van der Waals surface area (Å²) in [5.74, 6) is -3.79. The lowest BCUT2D eigenvalue weighted by molar-refractivity contribution is -0.232. The van der Waals surface area contributed by atoms with Gasteiger partial charge in [-0.1, -0.05) is 12.1 Å². The summed E-state index contributed by atoms with van der Waals surface area (Å²) in [6.45, 7) is -0.679. The summed E-state index contributed by atoms with van der Waals surface area (Å²) < 4.78 is 11.1. The number of aromatic hydroxyl groups is 2. The predicted octanol–water partition coefficient (Wildman–Crippen LogP) is -0.881. The van der Waals surface area contributed by atoms with Crippen molar-refractivity contribution in [1.29, 1.82) is 0 Å². The van der Waals surface area contributed by atoms with Crippen molar-refractivity contribution in [2.45, 2.75) is 42.7 Å². The zero-order valence-electron chi connectivity index (χ0n) is 16.1. The Kier molecular flexibility index (Phi) is 5.38. The molecule has 2 aromatic rings. The monoisotopic (exact) mass is 434 g/mol. The number of ether oxygens (including phenoxy) is 2. The highest BCUT2D eigenvalue weighted by Gasteiger charge is 2.52. The van der Waals surface area contributed by atoms with Gasteiger partial charge in [0.1, 0.15) is 47.8 Å². The summed E-state index contributed by atoms with van der Waals surface area (Å²) in [4.78, 5) is 12.9. The Morgan fingerprint density at radius 3 is 2.26 bits per heavy atom. The molecule has 7 N–H and O–H groups in total. The summed E-state index contributed by atoms with van der Waals surface area (Å²) in [6.07, 6.45) is -8.01. The molecule has 1 fully saturated rings. The van der Waals surface area contributed by atoms with E-state index in [1.165, 1.54) is 30.3 Å². The number of phenolic OH excluding ortho intramolecular Hbond substituents is 2. The first kappa shape index (κ1) is 21.5. The van der Waals surface area contributed by atoms with Gasteiger partial charge in [-0.3, -0.25) is 4.79 Å². The van der Waals surface area contributed by atoms with Gasteiger partial charge >= 0.3 is 0 Å². The molecule has 2 aromatic carbocycles. The van der Waals surface area contributed by atoms with Gasteiger partial charge in [0.15, 0.2) is 0 Å². The fourth-order valence-corrected chi connectivity index (χ4v) is 3.93. The minimum Gasteiger partial charge on any atom is -0.508 e. The lowest BCUT2D eigenvalue weighted by atomic mass is 9.89. The van der Waals surface area contributed by atoms with Crippen molar-refractivity contribution in [2.75, 3.05) is 6.61 Å². The molecule has 166 valence electrons. The number of hydrogen-bond donors (Lipinski definition) is 7. The number of Topliss-reactive ketones (excluding diaryl/α,β-unsaturated/α-hetero) is 1. The fraction of sp³-hybridized carbons (Fsp3) is 0.381. The van der Waals surface area contributed by atoms with Crippen LogP contribution in [-0.2, 0) is 11.2 Å². The number of hydrogen-bond acceptors (Lipinski definition) is 10. The van der Waals surface area contributed by atoms with E-state index < -0.39 is 54.4 Å². The Balaban J connectivity index is 1.72. The van der Waals surface area contributed by atoms with Crippen molar-refractivity contribution >= 4 is 5.78 Å². The second-order valence-electron chi connectivity index (χ2n) is 7.68. The van der Waals surface area contributed by atoms with Crippen LogP contribution in [0, 0.1) is 0 Å². The topological polar surface area (TPSA) is 177 Å². The van der Waals surface area contributed by atoms with E-state index in [1.54, 1.807) is 0 Å². The highest BCUT2D eigenvalue weighted by molar-refractivity contribution is 6.07. The minimum absolute atomic E-state index is 0.00696. The quantitative estimate of drug-likeness (QED) is 0.320. The summed E-state index contributed by atoms with van der Waals surface area (Å²) in [7, 11) is 0. The summed E-state index contributed by atoms with van der Waals surface area (Å²) >= 11 is 0. The third-order valence-electron chi connectivity index (χ3n) is 5.60. The molecular formula is C21H22O10. The largest absolute Gasteiger partial charge is 0.508 e. The smallest absolute Gasteiger partial charge is 0.276 e. The Bertz CT molecular complexity index is 988. The molecule has 10 heteroatoms. The molecule has 0 spiro atoms. The van der Waals surface area contributed by atoms with Crippen molar-refractivity contribution in [3.63, 3.8) is 0 Å². The van der Waals surface area contributed by atoms with Crippen molar-refractivity contribution in [1.82, 2.24) is 0 Å². The molecule has 10 nitrogen and oxygen atoms in total. The molecule has 1 saturated heterocycles. The second-order valence-corrected chi connectivity index (χ2v) is 7.68. The van der Waals surface area contributed by atoms with Crippen LogP contribution < -0.4 is 4.74 Å². The predicted molar refractivity (Wildman–Crippen MR) is 103 cm³/mol. The van der Waals surface area contributed by atoms with Crippen LogP contribution in [-0.4, -0.2) is 78.3 Å². The van der Waals surface area contributed by atoms with E-state index in [2.05, 4.69) is 0 Å². The van der Waals surface area contributed by atoms with Gasteiger partial charge in [-0.05, 0) is 29.8 Å². The minimum atomic E-state index is -2.32. The number of rotatable bonds is 4. The molecule has 2 aliphatic heterocycles. The van der Waals surface area contributed by atoms with Gasteiger partial charge < -0.3 is 45.2 Å². The highest BCUT2D eigenvalue weighted by atomic mass is 16.6. The normalized spacial score (nSPS) is 32.5. The Morgan fingerprint density at radius 1 is 0.935 bits per heavy atom. The number of aliphatic hydroxyl groups excluding tert-OH is 4. The Hall–Kier alpha value is -2.73. The maximum atomic E-state index is 12.9. The number of phenols is 2. The third kappa shape index (κ3) is 3.53. The third-order valence-corrected chi connectivity index (χ3v) is 5.60. The van der Waals surface area contributed by atoms with Gasteiger partial charge in [-0.2, -0.15) is 0 Å². The zero-order chi connectivity index (χ0) is 22.5. The number of aliphatic hydroxyl groups is 5. The van der Waals surface area contributed by atoms with Crippen LogP contribution in [0.5, 0.6) is 17.2 Å². The van der Waals surface area contributed by atoms with E-state index in [-0.39, 0.29) is 29.0 Å². The molecular weight excluding hydrogens is 412 g/mol.